The Labute approximate surface area is 238 Å². The van der Waals surface area contributed by atoms with E-state index in [0.717, 1.165) is 41.0 Å². The molecule has 0 fully saturated rings. The second-order valence-electron chi connectivity index (χ2n) is 9.98. The van der Waals surface area contributed by atoms with Crippen LogP contribution in [-0.2, 0) is 6.42 Å². The SMILES string of the molecule is COc1cccc(C2C3=C(N=c4s/c(=C\c5ccc(-c6cccc(C(=O)O)c6)o5)c(=O)n42)c2ccccc2CC3)c1. The maximum absolute atomic E-state index is 14.0. The molecule has 1 unspecified atom stereocenters. The van der Waals surface area contributed by atoms with Gasteiger partial charge in [-0.1, -0.05) is 59.9 Å². The second-order valence-corrected chi connectivity index (χ2v) is 11.0. The average Bonchev–Trinajstić information content (AvgIpc) is 3.60. The van der Waals surface area contributed by atoms with Crippen molar-refractivity contribution >= 4 is 29.1 Å². The Balaban J connectivity index is 1.38. The number of aromatic carboxylic acids is 1. The van der Waals surface area contributed by atoms with Crippen LogP contribution in [0.1, 0.15) is 45.3 Å². The zero-order valence-corrected chi connectivity index (χ0v) is 22.9. The smallest absolute Gasteiger partial charge is 0.335 e. The van der Waals surface area contributed by atoms with Gasteiger partial charge in [-0.2, -0.15) is 0 Å². The van der Waals surface area contributed by atoms with Crippen molar-refractivity contribution in [3.63, 3.8) is 0 Å². The van der Waals surface area contributed by atoms with Gasteiger partial charge in [0, 0.05) is 17.2 Å². The van der Waals surface area contributed by atoms with Crippen molar-refractivity contribution in [2.75, 3.05) is 7.11 Å². The summed E-state index contributed by atoms with van der Waals surface area (Å²) in [6.07, 6.45) is 3.42. The van der Waals surface area contributed by atoms with E-state index in [1.165, 1.54) is 23.0 Å². The number of hydrogen-bond acceptors (Lipinski definition) is 6. The number of hydrogen-bond donors (Lipinski definition) is 1. The number of carboxylic acid groups (broad SMARTS) is 1. The largest absolute Gasteiger partial charge is 0.497 e. The molecule has 3 aromatic carbocycles. The van der Waals surface area contributed by atoms with Gasteiger partial charge in [-0.3, -0.25) is 9.36 Å². The molecule has 0 amide bonds. The van der Waals surface area contributed by atoms with Crippen LogP contribution in [0.5, 0.6) is 5.75 Å². The summed E-state index contributed by atoms with van der Waals surface area (Å²) in [5, 5.41) is 9.34. The van der Waals surface area contributed by atoms with E-state index in [0.29, 0.717) is 26.4 Å². The van der Waals surface area contributed by atoms with Gasteiger partial charge in [-0.15, -0.1) is 0 Å². The van der Waals surface area contributed by atoms with Gasteiger partial charge in [-0.05, 0) is 65.9 Å². The molecule has 0 radical (unpaired) electrons. The first-order valence-electron chi connectivity index (χ1n) is 13.2. The van der Waals surface area contributed by atoms with Crippen LogP contribution in [0, 0.1) is 0 Å². The Hall–Kier alpha value is -4.95. The van der Waals surface area contributed by atoms with Crippen LogP contribution in [0.15, 0.2) is 105 Å². The van der Waals surface area contributed by atoms with Crippen molar-refractivity contribution in [3.8, 4) is 17.1 Å². The molecular weight excluding hydrogens is 536 g/mol. The van der Waals surface area contributed by atoms with Gasteiger partial charge in [0.1, 0.15) is 17.3 Å². The lowest BCUT2D eigenvalue weighted by atomic mass is 9.83. The molecule has 1 aliphatic heterocycles. The van der Waals surface area contributed by atoms with Gasteiger partial charge in [0.2, 0.25) is 0 Å². The molecule has 7 nitrogen and oxygen atoms in total. The van der Waals surface area contributed by atoms with Crippen LogP contribution < -0.4 is 19.6 Å². The molecule has 1 aliphatic carbocycles. The average molecular weight is 561 g/mol. The lowest BCUT2D eigenvalue weighted by molar-refractivity contribution is 0.0697. The van der Waals surface area contributed by atoms with Crippen molar-refractivity contribution < 1.29 is 19.1 Å². The Bertz CT molecular complexity index is 2060. The number of thiazole rings is 1. The van der Waals surface area contributed by atoms with Crippen LogP contribution in [0.3, 0.4) is 0 Å². The fourth-order valence-electron chi connectivity index (χ4n) is 5.65. The number of aryl methyl sites for hydroxylation is 1. The maximum atomic E-state index is 14.0. The zero-order valence-electron chi connectivity index (χ0n) is 22.0. The predicted octanol–water partition coefficient (Wildman–Crippen LogP) is 5.29. The van der Waals surface area contributed by atoms with Crippen molar-refractivity contribution in [1.29, 1.82) is 0 Å². The first kappa shape index (κ1) is 25.0. The highest BCUT2D eigenvalue weighted by Gasteiger charge is 2.32. The van der Waals surface area contributed by atoms with Crippen molar-refractivity contribution in [2.24, 2.45) is 4.99 Å². The quantitative estimate of drug-likeness (QED) is 0.316. The number of ether oxygens (including phenoxy) is 1. The van der Waals surface area contributed by atoms with Crippen molar-refractivity contribution in [1.82, 2.24) is 4.57 Å². The highest BCUT2D eigenvalue weighted by Crippen LogP contribution is 2.41. The first-order valence-corrected chi connectivity index (χ1v) is 14.0. The van der Waals surface area contributed by atoms with E-state index in [1.807, 2.05) is 30.3 Å². The molecule has 1 N–H and O–H groups in total. The molecule has 3 heterocycles. The third-order valence-corrected chi connectivity index (χ3v) is 8.56. The molecule has 2 aromatic heterocycles. The van der Waals surface area contributed by atoms with E-state index < -0.39 is 5.97 Å². The zero-order chi connectivity index (χ0) is 28.1. The lowest BCUT2D eigenvalue weighted by Crippen LogP contribution is -2.38. The summed E-state index contributed by atoms with van der Waals surface area (Å²) >= 11 is 1.33. The van der Waals surface area contributed by atoms with E-state index in [-0.39, 0.29) is 17.2 Å². The monoisotopic (exact) mass is 560 g/mol. The highest BCUT2D eigenvalue weighted by molar-refractivity contribution is 7.07. The molecule has 8 heteroatoms. The number of fused-ring (bicyclic) bond motifs is 3. The summed E-state index contributed by atoms with van der Waals surface area (Å²) in [4.78, 5) is 31.1. The molecule has 0 spiro atoms. The number of methoxy groups -OCH3 is 1. The predicted molar refractivity (Wildman–Crippen MR) is 157 cm³/mol. The minimum atomic E-state index is -1.00. The van der Waals surface area contributed by atoms with Crippen LogP contribution >= 0.6 is 11.3 Å². The Morgan fingerprint density at radius 1 is 1.05 bits per heavy atom. The van der Waals surface area contributed by atoms with Gasteiger partial charge >= 0.3 is 5.97 Å². The number of benzene rings is 3. The van der Waals surface area contributed by atoms with E-state index in [4.69, 9.17) is 14.1 Å². The molecule has 0 saturated heterocycles. The Morgan fingerprint density at radius 3 is 2.76 bits per heavy atom. The standard InChI is InChI=1S/C33H24N2O5S/c1-39-23-10-5-8-21(17-23)30-26-14-12-19-6-2-3-11-25(19)29(26)34-33-35(30)31(36)28(41-33)18-24-13-15-27(40-24)20-7-4-9-22(16-20)32(37)38/h2-11,13,15-18,30H,12,14H2,1H3,(H,37,38)/b28-18-. The van der Waals surface area contributed by atoms with Gasteiger partial charge in [0.05, 0.1) is 28.9 Å². The maximum Gasteiger partial charge on any atom is 0.335 e. The number of carbonyl (C=O) groups is 1. The molecule has 0 bridgehead atoms. The molecule has 2 aliphatic rings. The summed E-state index contributed by atoms with van der Waals surface area (Å²) in [5.74, 6) is 0.747. The number of aromatic nitrogens is 1. The van der Waals surface area contributed by atoms with Gasteiger partial charge < -0.3 is 14.3 Å². The van der Waals surface area contributed by atoms with E-state index >= 15 is 0 Å². The molecule has 41 heavy (non-hydrogen) atoms. The minimum Gasteiger partial charge on any atom is -0.497 e. The highest BCUT2D eigenvalue weighted by atomic mass is 32.1. The minimum absolute atomic E-state index is 0.141. The summed E-state index contributed by atoms with van der Waals surface area (Å²) < 4.78 is 13.8. The summed E-state index contributed by atoms with van der Waals surface area (Å²) in [5.41, 5.74) is 6.08. The number of rotatable bonds is 5. The van der Waals surface area contributed by atoms with Crippen LogP contribution in [-0.4, -0.2) is 22.8 Å². The Morgan fingerprint density at radius 2 is 1.90 bits per heavy atom. The number of carboxylic acids is 1. The first-order chi connectivity index (χ1) is 20.0. The van der Waals surface area contributed by atoms with Crippen LogP contribution in [0.2, 0.25) is 0 Å². The number of nitrogens with zero attached hydrogens (tertiary/aromatic N) is 2. The van der Waals surface area contributed by atoms with Gasteiger partial charge in [0.15, 0.2) is 4.80 Å². The summed E-state index contributed by atoms with van der Waals surface area (Å²) in [7, 11) is 1.64. The van der Waals surface area contributed by atoms with Crippen molar-refractivity contribution in [3.05, 3.63) is 138 Å². The molecular formula is C33H24N2O5S. The normalized spacial score (nSPS) is 16.0. The topological polar surface area (TPSA) is 94.0 Å². The lowest BCUT2D eigenvalue weighted by Gasteiger charge is -2.31. The molecule has 202 valence electrons. The van der Waals surface area contributed by atoms with E-state index in [1.54, 1.807) is 48.1 Å². The third kappa shape index (κ3) is 4.33. The van der Waals surface area contributed by atoms with Gasteiger partial charge in [0.25, 0.3) is 5.56 Å². The fraction of sp³-hybridized carbons (Fsp3) is 0.121. The van der Waals surface area contributed by atoms with Crippen LogP contribution in [0.4, 0.5) is 0 Å². The summed E-state index contributed by atoms with van der Waals surface area (Å²) in [6, 6.07) is 26.0. The van der Waals surface area contributed by atoms with Gasteiger partial charge in [-0.25, -0.2) is 9.79 Å². The van der Waals surface area contributed by atoms with E-state index in [2.05, 4.69) is 18.2 Å². The molecule has 0 saturated carbocycles. The Kier molecular flexibility index (Phi) is 6.05. The second kappa shape index (κ2) is 9.91. The number of allylic oxidation sites excluding steroid dienone is 1. The third-order valence-electron chi connectivity index (χ3n) is 7.58. The van der Waals surface area contributed by atoms with E-state index in [9.17, 15) is 14.7 Å². The molecule has 7 rings (SSSR count). The molecule has 1 atom stereocenters. The fourth-order valence-corrected chi connectivity index (χ4v) is 6.64. The van der Waals surface area contributed by atoms with Crippen LogP contribution in [0.25, 0.3) is 23.1 Å². The van der Waals surface area contributed by atoms with Crippen molar-refractivity contribution in [2.45, 2.75) is 18.9 Å². The summed E-state index contributed by atoms with van der Waals surface area (Å²) in [6.45, 7) is 0. The number of furan rings is 1. The molecule has 5 aromatic rings.